The van der Waals surface area contributed by atoms with Crippen LogP contribution < -0.4 is 18.9 Å². The third-order valence-electron chi connectivity index (χ3n) is 9.63. The lowest BCUT2D eigenvalue weighted by atomic mass is 9.99. The zero-order chi connectivity index (χ0) is 41.9. The van der Waals surface area contributed by atoms with E-state index in [4.69, 9.17) is 42.1 Å². The highest BCUT2D eigenvalue weighted by molar-refractivity contribution is 6.31. The number of hydrogen-bond acceptors (Lipinski definition) is 6. The summed E-state index contributed by atoms with van der Waals surface area (Å²) in [4.78, 5) is 4.60. The summed E-state index contributed by atoms with van der Waals surface area (Å²) in [6, 6.07) is 20.3. The number of benzene rings is 4. The molecule has 57 heavy (non-hydrogen) atoms. The second-order valence-electron chi connectivity index (χ2n) is 16.2. The molecule has 2 saturated heterocycles. The standard InChI is InChI=1S/C22H25ClF3NO2.C21H23ClF3NO2/c1-14(15-6-5-7-16(10-15)22(24,25)26)28-19-9-8-17(23)11-20(19)29-18-12-27(13-18)21(2,3)4;1-20(2,3)26-11-17(12-26)28-19-10-16(22)7-8-18(19)27-13-14-5-4-6-15(9-14)21(23,24)25/h5-11,14,18H,12-13H2,1-4H3;4-10,17H,11-13H2,1-3H3. The van der Waals surface area contributed by atoms with Crippen LogP contribution in [0.5, 0.6) is 23.0 Å². The second kappa shape index (κ2) is 17.6. The van der Waals surface area contributed by atoms with Gasteiger partial charge in [-0.25, -0.2) is 0 Å². The van der Waals surface area contributed by atoms with E-state index in [1.165, 1.54) is 12.1 Å². The van der Waals surface area contributed by atoms with Crippen LogP contribution in [0.4, 0.5) is 26.3 Å². The molecule has 4 aromatic carbocycles. The largest absolute Gasteiger partial charge is 0.485 e. The summed E-state index contributed by atoms with van der Waals surface area (Å²) < 4.78 is 101. The molecular formula is C43H48Cl2F6N2O4. The lowest BCUT2D eigenvalue weighted by Crippen LogP contribution is -2.60. The lowest BCUT2D eigenvalue weighted by molar-refractivity contribution is -0.138. The summed E-state index contributed by atoms with van der Waals surface area (Å²) >= 11 is 12.2. The summed E-state index contributed by atoms with van der Waals surface area (Å²) in [6.07, 6.45) is -9.33. The molecule has 2 fully saturated rings. The van der Waals surface area contributed by atoms with E-state index in [1.807, 2.05) is 0 Å². The Hall–Kier alpha value is -3.84. The molecule has 310 valence electrons. The Morgan fingerprint density at radius 1 is 0.596 bits per heavy atom. The van der Waals surface area contributed by atoms with Gasteiger partial charge >= 0.3 is 12.4 Å². The van der Waals surface area contributed by atoms with Gasteiger partial charge in [0, 0.05) is 59.4 Å². The number of ether oxygens (including phenoxy) is 4. The highest BCUT2D eigenvalue weighted by Crippen LogP contribution is 2.38. The third-order valence-corrected chi connectivity index (χ3v) is 10.1. The first-order chi connectivity index (χ1) is 26.5. The van der Waals surface area contributed by atoms with Crippen LogP contribution in [0.15, 0.2) is 84.9 Å². The van der Waals surface area contributed by atoms with Crippen molar-refractivity contribution in [3.8, 4) is 23.0 Å². The molecular weight excluding hydrogens is 793 g/mol. The van der Waals surface area contributed by atoms with Gasteiger partial charge in [0.25, 0.3) is 0 Å². The highest BCUT2D eigenvalue weighted by atomic mass is 35.5. The predicted molar refractivity (Wildman–Crippen MR) is 211 cm³/mol. The first-order valence-corrected chi connectivity index (χ1v) is 19.3. The first kappa shape index (κ1) is 44.3. The summed E-state index contributed by atoms with van der Waals surface area (Å²) in [7, 11) is 0. The maximum absolute atomic E-state index is 13.0. The average Bonchev–Trinajstić information content (AvgIpc) is 3.07. The van der Waals surface area contributed by atoms with Crippen molar-refractivity contribution in [3.63, 3.8) is 0 Å². The summed E-state index contributed by atoms with van der Waals surface area (Å²) in [5.41, 5.74) is -0.378. The normalized spacial score (nSPS) is 16.5. The number of alkyl halides is 6. The minimum atomic E-state index is -4.40. The number of likely N-dealkylation sites (tertiary alicyclic amines) is 2. The molecule has 1 unspecified atom stereocenters. The van der Waals surface area contributed by atoms with Gasteiger partial charge in [0.2, 0.25) is 0 Å². The molecule has 2 aliphatic heterocycles. The van der Waals surface area contributed by atoms with Gasteiger partial charge in [0.05, 0.1) is 11.1 Å². The zero-order valence-corrected chi connectivity index (χ0v) is 34.4. The molecule has 2 heterocycles. The Morgan fingerprint density at radius 3 is 1.54 bits per heavy atom. The van der Waals surface area contributed by atoms with Crippen LogP contribution in [0.25, 0.3) is 0 Å². The second-order valence-corrected chi connectivity index (χ2v) is 17.1. The van der Waals surface area contributed by atoms with Crippen LogP contribution in [0.1, 0.15) is 76.8 Å². The van der Waals surface area contributed by atoms with Gasteiger partial charge in [0.15, 0.2) is 23.0 Å². The molecule has 0 aliphatic carbocycles. The smallest absolute Gasteiger partial charge is 0.416 e. The van der Waals surface area contributed by atoms with Gasteiger partial charge in [-0.2, -0.15) is 26.3 Å². The number of halogens is 8. The molecule has 6 rings (SSSR count). The molecule has 0 radical (unpaired) electrons. The van der Waals surface area contributed by atoms with Crippen molar-refractivity contribution in [2.75, 3.05) is 26.2 Å². The fourth-order valence-corrected chi connectivity index (χ4v) is 6.39. The Bertz CT molecular complexity index is 1970. The van der Waals surface area contributed by atoms with Crippen molar-refractivity contribution >= 4 is 23.2 Å². The van der Waals surface area contributed by atoms with Gasteiger partial charge < -0.3 is 18.9 Å². The van der Waals surface area contributed by atoms with Crippen molar-refractivity contribution in [3.05, 3.63) is 117 Å². The van der Waals surface area contributed by atoms with Gasteiger partial charge in [0.1, 0.15) is 24.9 Å². The molecule has 0 saturated carbocycles. The SMILES string of the molecule is CC(C)(C)N1CC(Oc2cc(Cl)ccc2OCc2cccc(C(F)(F)F)c2)C1.CC(Oc1ccc(Cl)cc1OC1CN(C(C)(C)C)C1)c1cccc(C(F)(F)F)c1. The fourth-order valence-electron chi connectivity index (χ4n) is 6.07. The highest BCUT2D eigenvalue weighted by Gasteiger charge is 2.38. The van der Waals surface area contributed by atoms with E-state index in [0.717, 1.165) is 50.4 Å². The van der Waals surface area contributed by atoms with E-state index < -0.39 is 29.6 Å². The van der Waals surface area contributed by atoms with Crippen molar-refractivity contribution in [2.45, 2.75) is 96.8 Å². The van der Waals surface area contributed by atoms with E-state index in [-0.39, 0.29) is 29.9 Å². The van der Waals surface area contributed by atoms with Crippen molar-refractivity contribution in [1.29, 1.82) is 0 Å². The topological polar surface area (TPSA) is 43.4 Å². The Morgan fingerprint density at radius 2 is 1.05 bits per heavy atom. The van der Waals surface area contributed by atoms with Gasteiger partial charge in [-0.1, -0.05) is 47.5 Å². The molecule has 0 amide bonds. The van der Waals surface area contributed by atoms with Gasteiger partial charge in [-0.3, -0.25) is 9.80 Å². The first-order valence-electron chi connectivity index (χ1n) is 18.5. The van der Waals surface area contributed by atoms with Crippen LogP contribution in [0.3, 0.4) is 0 Å². The average molecular weight is 842 g/mol. The Labute approximate surface area is 340 Å². The monoisotopic (exact) mass is 840 g/mol. The molecule has 1 atom stereocenters. The molecule has 0 N–H and O–H groups in total. The van der Waals surface area contributed by atoms with E-state index in [9.17, 15) is 26.3 Å². The molecule has 0 aromatic heterocycles. The number of nitrogens with zero attached hydrogens (tertiary/aromatic N) is 2. The van der Waals surface area contributed by atoms with Crippen molar-refractivity contribution < 1.29 is 45.3 Å². The minimum absolute atomic E-state index is 0.000690. The lowest BCUT2D eigenvalue weighted by Gasteiger charge is -2.47. The quantitative estimate of drug-likeness (QED) is 0.148. The van der Waals surface area contributed by atoms with Crippen molar-refractivity contribution in [1.82, 2.24) is 9.80 Å². The number of rotatable bonds is 10. The van der Waals surface area contributed by atoms with Crippen LogP contribution in [-0.4, -0.2) is 59.3 Å². The van der Waals surface area contributed by atoms with Gasteiger partial charge in [-0.05, 0) is 108 Å². The van der Waals surface area contributed by atoms with Crippen molar-refractivity contribution in [2.24, 2.45) is 0 Å². The molecule has 0 spiro atoms. The third kappa shape index (κ3) is 12.3. The molecule has 4 aromatic rings. The minimum Gasteiger partial charge on any atom is -0.485 e. The van der Waals surface area contributed by atoms with Crippen LogP contribution in [0.2, 0.25) is 10.0 Å². The van der Waals surface area contributed by atoms with E-state index in [0.29, 0.717) is 44.2 Å². The summed E-state index contributed by atoms with van der Waals surface area (Å²) in [6.45, 7) is 17.8. The Kier molecular flexibility index (Phi) is 13.6. The molecule has 6 nitrogen and oxygen atoms in total. The van der Waals surface area contributed by atoms with E-state index in [1.54, 1.807) is 55.5 Å². The Balaban J connectivity index is 0.000000218. The summed E-state index contributed by atoms with van der Waals surface area (Å²) in [5.74, 6) is 1.90. The van der Waals surface area contributed by atoms with E-state index in [2.05, 4.69) is 51.3 Å². The van der Waals surface area contributed by atoms with Gasteiger partial charge in [-0.15, -0.1) is 0 Å². The van der Waals surface area contributed by atoms with Crippen LogP contribution >= 0.6 is 23.2 Å². The molecule has 2 aliphatic rings. The number of hydrogen-bond donors (Lipinski definition) is 0. The zero-order valence-electron chi connectivity index (χ0n) is 32.9. The van der Waals surface area contributed by atoms with Crippen LogP contribution in [-0.2, 0) is 19.0 Å². The van der Waals surface area contributed by atoms with E-state index >= 15 is 0 Å². The molecule has 0 bridgehead atoms. The summed E-state index contributed by atoms with van der Waals surface area (Å²) in [5, 5.41) is 1.01. The molecule has 14 heteroatoms. The fraction of sp³-hybridized carbons (Fsp3) is 0.442. The predicted octanol–water partition coefficient (Wildman–Crippen LogP) is 12.2. The maximum Gasteiger partial charge on any atom is 0.416 e. The maximum atomic E-state index is 13.0. The van der Waals surface area contributed by atoms with Crippen LogP contribution in [0, 0.1) is 0 Å².